The lowest BCUT2D eigenvalue weighted by Gasteiger charge is -2.41. The highest BCUT2D eigenvalue weighted by molar-refractivity contribution is 9.10. The fourth-order valence-electron chi connectivity index (χ4n) is 2.62. The van der Waals surface area contributed by atoms with Gasteiger partial charge in [0, 0.05) is 48.6 Å². The van der Waals surface area contributed by atoms with E-state index in [2.05, 4.69) is 58.0 Å². The van der Waals surface area contributed by atoms with E-state index in [1.807, 2.05) is 12.4 Å². The van der Waals surface area contributed by atoms with Crippen LogP contribution in [-0.2, 0) is 6.54 Å². The molecule has 3 nitrogen and oxygen atoms in total. The van der Waals surface area contributed by atoms with Gasteiger partial charge in [0.1, 0.15) is 0 Å². The predicted octanol–water partition coefficient (Wildman–Crippen LogP) is 2.66. The minimum absolute atomic E-state index is 0.570. The number of hydrogen-bond acceptors (Lipinski definition) is 3. The maximum atomic E-state index is 4.25. The molecule has 1 aromatic rings. The van der Waals surface area contributed by atoms with Crippen molar-refractivity contribution in [3.05, 3.63) is 28.5 Å². The molecule has 4 heteroatoms. The van der Waals surface area contributed by atoms with Crippen molar-refractivity contribution in [2.24, 2.45) is 5.92 Å². The highest BCUT2D eigenvalue weighted by atomic mass is 79.9. The van der Waals surface area contributed by atoms with Gasteiger partial charge in [-0.25, -0.2) is 0 Å². The van der Waals surface area contributed by atoms with Crippen molar-refractivity contribution >= 4 is 15.9 Å². The van der Waals surface area contributed by atoms with Gasteiger partial charge in [0.25, 0.3) is 0 Å². The van der Waals surface area contributed by atoms with Crippen molar-refractivity contribution in [1.29, 1.82) is 0 Å². The Bertz CT molecular complexity index is 394. The normalized spacial score (nSPS) is 25.6. The zero-order valence-corrected chi connectivity index (χ0v) is 12.9. The number of aromatic nitrogens is 1. The summed E-state index contributed by atoms with van der Waals surface area (Å²) in [5, 5.41) is 3.57. The molecule has 0 amide bonds. The van der Waals surface area contributed by atoms with Crippen LogP contribution in [0, 0.1) is 5.92 Å². The molecular formula is C14H22BrN3. The molecule has 1 aromatic heterocycles. The largest absolute Gasteiger partial charge is 0.311 e. The zero-order chi connectivity index (χ0) is 13.1. The molecule has 0 saturated carbocycles. The molecule has 18 heavy (non-hydrogen) atoms. The standard InChI is InChI=1S/C14H22BrN3/c1-10(2)14-7-17-11(3)8-18(14)9-12-4-13(15)6-16-5-12/h4-6,10-11,14,17H,7-9H2,1-3H3. The third-order valence-corrected chi connectivity index (χ3v) is 4.00. The summed E-state index contributed by atoms with van der Waals surface area (Å²) >= 11 is 3.49. The van der Waals surface area contributed by atoms with Crippen molar-refractivity contribution in [1.82, 2.24) is 15.2 Å². The van der Waals surface area contributed by atoms with Crippen LogP contribution in [-0.4, -0.2) is 35.1 Å². The van der Waals surface area contributed by atoms with Gasteiger partial charge in [0.05, 0.1) is 0 Å². The SMILES string of the molecule is CC1CN(Cc2cncc(Br)c2)C(C(C)C)CN1. The van der Waals surface area contributed by atoms with Crippen LogP contribution < -0.4 is 5.32 Å². The summed E-state index contributed by atoms with van der Waals surface area (Å²) in [6, 6.07) is 3.34. The van der Waals surface area contributed by atoms with Gasteiger partial charge in [-0.05, 0) is 40.4 Å². The molecule has 2 unspecified atom stereocenters. The maximum absolute atomic E-state index is 4.25. The van der Waals surface area contributed by atoms with Gasteiger partial charge in [0.2, 0.25) is 0 Å². The summed E-state index contributed by atoms with van der Waals surface area (Å²) in [7, 11) is 0. The Morgan fingerprint density at radius 1 is 1.50 bits per heavy atom. The van der Waals surface area contributed by atoms with E-state index in [1.165, 1.54) is 5.56 Å². The minimum Gasteiger partial charge on any atom is -0.311 e. The van der Waals surface area contributed by atoms with E-state index in [0.717, 1.165) is 24.1 Å². The van der Waals surface area contributed by atoms with Gasteiger partial charge in [0.15, 0.2) is 0 Å². The van der Waals surface area contributed by atoms with Gasteiger partial charge in [-0.3, -0.25) is 9.88 Å². The van der Waals surface area contributed by atoms with Crippen LogP contribution in [0.2, 0.25) is 0 Å². The number of rotatable bonds is 3. The summed E-state index contributed by atoms with van der Waals surface area (Å²) < 4.78 is 1.06. The molecule has 0 radical (unpaired) electrons. The highest BCUT2D eigenvalue weighted by Crippen LogP contribution is 2.19. The average Bonchev–Trinajstić information content (AvgIpc) is 2.28. The summed E-state index contributed by atoms with van der Waals surface area (Å²) in [4.78, 5) is 6.83. The molecule has 1 saturated heterocycles. The fourth-order valence-corrected chi connectivity index (χ4v) is 3.03. The smallest absolute Gasteiger partial charge is 0.0410 e. The monoisotopic (exact) mass is 311 g/mol. The molecule has 1 N–H and O–H groups in total. The molecule has 0 bridgehead atoms. The van der Waals surface area contributed by atoms with Crippen molar-refractivity contribution in [2.75, 3.05) is 13.1 Å². The molecule has 100 valence electrons. The topological polar surface area (TPSA) is 28.2 Å². The van der Waals surface area contributed by atoms with Crippen molar-refractivity contribution in [3.63, 3.8) is 0 Å². The van der Waals surface area contributed by atoms with Crippen LogP contribution in [0.25, 0.3) is 0 Å². The van der Waals surface area contributed by atoms with Crippen molar-refractivity contribution in [2.45, 2.75) is 39.4 Å². The molecule has 1 aliphatic rings. The lowest BCUT2D eigenvalue weighted by molar-refractivity contribution is 0.0955. The third kappa shape index (κ3) is 3.53. The lowest BCUT2D eigenvalue weighted by atomic mass is 9.98. The second-order valence-corrected chi connectivity index (χ2v) is 6.48. The highest BCUT2D eigenvalue weighted by Gasteiger charge is 2.27. The Hall–Kier alpha value is -0.450. The second kappa shape index (κ2) is 6.13. The van der Waals surface area contributed by atoms with E-state index in [-0.39, 0.29) is 0 Å². The van der Waals surface area contributed by atoms with E-state index < -0.39 is 0 Å². The molecule has 0 aliphatic carbocycles. The molecule has 2 heterocycles. The van der Waals surface area contributed by atoms with Crippen LogP contribution in [0.3, 0.4) is 0 Å². The maximum Gasteiger partial charge on any atom is 0.0410 e. The van der Waals surface area contributed by atoms with E-state index in [9.17, 15) is 0 Å². The third-order valence-electron chi connectivity index (χ3n) is 3.57. The first kappa shape index (κ1) is 14.0. The number of piperazine rings is 1. The van der Waals surface area contributed by atoms with E-state index in [0.29, 0.717) is 18.0 Å². The molecule has 0 aromatic carbocycles. The number of nitrogens with zero attached hydrogens (tertiary/aromatic N) is 2. The number of pyridine rings is 1. The summed E-state index contributed by atoms with van der Waals surface area (Å²) in [5.41, 5.74) is 1.28. The predicted molar refractivity (Wildman–Crippen MR) is 78.4 cm³/mol. The Morgan fingerprint density at radius 2 is 2.28 bits per heavy atom. The van der Waals surface area contributed by atoms with Gasteiger partial charge < -0.3 is 5.32 Å². The molecule has 1 aliphatic heterocycles. The van der Waals surface area contributed by atoms with Crippen LogP contribution >= 0.6 is 15.9 Å². The van der Waals surface area contributed by atoms with E-state index in [1.54, 1.807) is 0 Å². The number of hydrogen-bond donors (Lipinski definition) is 1. The molecular weight excluding hydrogens is 290 g/mol. The first-order valence-corrected chi connectivity index (χ1v) is 7.42. The van der Waals surface area contributed by atoms with Gasteiger partial charge in [-0.2, -0.15) is 0 Å². The quantitative estimate of drug-likeness (QED) is 0.930. The minimum atomic E-state index is 0.570. The first-order chi connectivity index (χ1) is 8.56. The Kier molecular flexibility index (Phi) is 4.76. The lowest BCUT2D eigenvalue weighted by Crippen LogP contribution is -2.56. The van der Waals surface area contributed by atoms with Crippen molar-refractivity contribution < 1.29 is 0 Å². The van der Waals surface area contributed by atoms with Gasteiger partial charge >= 0.3 is 0 Å². The molecule has 1 fully saturated rings. The van der Waals surface area contributed by atoms with Crippen LogP contribution in [0.4, 0.5) is 0 Å². The Labute approximate surface area is 118 Å². The van der Waals surface area contributed by atoms with Crippen LogP contribution in [0.15, 0.2) is 22.9 Å². The Balaban J connectivity index is 2.08. The summed E-state index contributed by atoms with van der Waals surface area (Å²) in [6.07, 6.45) is 3.80. The van der Waals surface area contributed by atoms with Crippen LogP contribution in [0.1, 0.15) is 26.3 Å². The van der Waals surface area contributed by atoms with Gasteiger partial charge in [-0.1, -0.05) is 13.8 Å². The van der Waals surface area contributed by atoms with Crippen LogP contribution in [0.5, 0.6) is 0 Å². The number of nitrogens with one attached hydrogen (secondary N) is 1. The summed E-state index contributed by atoms with van der Waals surface area (Å²) in [5.74, 6) is 0.671. The van der Waals surface area contributed by atoms with E-state index in [4.69, 9.17) is 0 Å². The number of halogens is 1. The fraction of sp³-hybridized carbons (Fsp3) is 0.643. The Morgan fingerprint density at radius 3 is 2.94 bits per heavy atom. The average molecular weight is 312 g/mol. The van der Waals surface area contributed by atoms with E-state index >= 15 is 0 Å². The van der Waals surface area contributed by atoms with Crippen molar-refractivity contribution in [3.8, 4) is 0 Å². The molecule has 0 spiro atoms. The second-order valence-electron chi connectivity index (χ2n) is 5.56. The molecule has 2 atom stereocenters. The molecule has 2 rings (SSSR count). The van der Waals surface area contributed by atoms with Gasteiger partial charge in [-0.15, -0.1) is 0 Å². The summed E-state index contributed by atoms with van der Waals surface area (Å²) in [6.45, 7) is 10.0. The zero-order valence-electron chi connectivity index (χ0n) is 11.4. The first-order valence-electron chi connectivity index (χ1n) is 6.63.